The predicted octanol–water partition coefficient (Wildman–Crippen LogP) is 2.40. The van der Waals surface area contributed by atoms with Crippen molar-refractivity contribution >= 4 is 27.7 Å². The molecule has 2 amide bonds. The number of carbonyl (C=O) groups excluding carboxylic acids is 1. The van der Waals surface area contributed by atoms with Crippen molar-refractivity contribution in [2.24, 2.45) is 5.92 Å². The van der Waals surface area contributed by atoms with Crippen molar-refractivity contribution in [1.82, 2.24) is 9.62 Å². The number of hydrogen-bond donors (Lipinski definition) is 3. The second kappa shape index (κ2) is 7.85. The van der Waals surface area contributed by atoms with Gasteiger partial charge < -0.3 is 15.3 Å². The lowest BCUT2D eigenvalue weighted by Crippen LogP contribution is -2.42. The van der Waals surface area contributed by atoms with E-state index in [-0.39, 0.29) is 10.9 Å². The third-order valence-electron chi connectivity index (χ3n) is 4.30. The number of hydrogen-bond acceptors (Lipinski definition) is 4. The molecule has 1 saturated heterocycles. The Balaban J connectivity index is 2.12. The molecule has 27 heavy (non-hydrogen) atoms. The van der Waals surface area contributed by atoms with Crippen LogP contribution in [-0.2, 0) is 14.8 Å². The molecule has 0 saturated carbocycles. The number of likely N-dealkylation sites (tertiary alicyclic amines) is 1. The Labute approximate surface area is 160 Å². The number of aryl methyl sites for hydroxylation is 1. The average molecular weight is 397 g/mol. The van der Waals surface area contributed by atoms with Gasteiger partial charge in [0.25, 0.3) is 0 Å². The molecule has 1 aromatic rings. The average Bonchev–Trinajstić information content (AvgIpc) is 2.54. The van der Waals surface area contributed by atoms with Crippen LogP contribution in [-0.4, -0.2) is 49.1 Å². The molecule has 8 nitrogen and oxygen atoms in total. The third kappa shape index (κ3) is 5.67. The number of carboxylic acids is 1. The van der Waals surface area contributed by atoms with Gasteiger partial charge in [0.1, 0.15) is 0 Å². The van der Waals surface area contributed by atoms with Crippen LogP contribution in [0.5, 0.6) is 0 Å². The number of nitrogens with one attached hydrogen (secondary N) is 2. The van der Waals surface area contributed by atoms with Crippen molar-refractivity contribution < 1.29 is 23.1 Å². The zero-order valence-electron chi connectivity index (χ0n) is 16.1. The SMILES string of the molecule is Cc1ccc(NC(=O)N2CCC(C(=O)O)CC2)cc1S(=O)(=O)NC(C)(C)C. The lowest BCUT2D eigenvalue weighted by atomic mass is 9.97. The lowest BCUT2D eigenvalue weighted by Gasteiger charge is -2.30. The minimum absolute atomic E-state index is 0.111. The van der Waals surface area contributed by atoms with Crippen LogP contribution in [0.3, 0.4) is 0 Å². The van der Waals surface area contributed by atoms with E-state index < -0.39 is 27.4 Å². The minimum Gasteiger partial charge on any atom is -0.481 e. The Morgan fingerprint density at radius 3 is 2.30 bits per heavy atom. The highest BCUT2D eigenvalue weighted by atomic mass is 32.2. The molecule has 1 aromatic carbocycles. The minimum atomic E-state index is -3.73. The summed E-state index contributed by atoms with van der Waals surface area (Å²) < 4.78 is 27.8. The summed E-state index contributed by atoms with van der Waals surface area (Å²) in [6.07, 6.45) is 0.817. The van der Waals surface area contributed by atoms with Crippen molar-refractivity contribution in [2.75, 3.05) is 18.4 Å². The van der Waals surface area contributed by atoms with E-state index in [1.54, 1.807) is 44.7 Å². The molecule has 150 valence electrons. The summed E-state index contributed by atoms with van der Waals surface area (Å²) in [7, 11) is -3.73. The van der Waals surface area contributed by atoms with Gasteiger partial charge in [0.05, 0.1) is 10.8 Å². The maximum Gasteiger partial charge on any atom is 0.321 e. The van der Waals surface area contributed by atoms with E-state index in [4.69, 9.17) is 5.11 Å². The highest BCUT2D eigenvalue weighted by Crippen LogP contribution is 2.23. The van der Waals surface area contributed by atoms with E-state index in [2.05, 4.69) is 10.0 Å². The topological polar surface area (TPSA) is 116 Å². The lowest BCUT2D eigenvalue weighted by molar-refractivity contribution is -0.143. The zero-order valence-corrected chi connectivity index (χ0v) is 16.9. The van der Waals surface area contributed by atoms with Gasteiger partial charge in [-0.3, -0.25) is 4.79 Å². The Bertz CT molecular complexity index is 822. The van der Waals surface area contributed by atoms with Crippen molar-refractivity contribution in [1.29, 1.82) is 0 Å². The molecule has 0 radical (unpaired) electrons. The molecule has 1 fully saturated rings. The van der Waals surface area contributed by atoms with Crippen molar-refractivity contribution in [3.63, 3.8) is 0 Å². The van der Waals surface area contributed by atoms with Crippen molar-refractivity contribution in [2.45, 2.75) is 51.0 Å². The van der Waals surface area contributed by atoms with Crippen LogP contribution in [0.15, 0.2) is 23.1 Å². The van der Waals surface area contributed by atoms with E-state index in [0.29, 0.717) is 37.2 Å². The summed E-state index contributed by atoms with van der Waals surface area (Å²) in [4.78, 5) is 25.1. The normalized spacial score (nSPS) is 16.2. The van der Waals surface area contributed by atoms with E-state index in [9.17, 15) is 18.0 Å². The Hall–Kier alpha value is -2.13. The molecular formula is C18H27N3O5S. The van der Waals surface area contributed by atoms with Gasteiger partial charge in [-0.05, 0) is 58.2 Å². The summed E-state index contributed by atoms with van der Waals surface area (Å²) >= 11 is 0. The van der Waals surface area contributed by atoms with E-state index in [1.807, 2.05) is 0 Å². The maximum absolute atomic E-state index is 12.6. The first-order valence-corrected chi connectivity index (χ1v) is 10.3. The fourth-order valence-corrected chi connectivity index (χ4v) is 4.65. The summed E-state index contributed by atoms with van der Waals surface area (Å²) in [6, 6.07) is 4.36. The van der Waals surface area contributed by atoms with Crippen LogP contribution in [0.4, 0.5) is 10.5 Å². The Kier molecular flexibility index (Phi) is 6.16. The molecule has 1 aliphatic rings. The van der Waals surface area contributed by atoms with E-state index in [1.165, 1.54) is 6.07 Å². The van der Waals surface area contributed by atoms with Crippen molar-refractivity contribution in [3.05, 3.63) is 23.8 Å². The quantitative estimate of drug-likeness (QED) is 0.721. The fraction of sp³-hybridized carbons (Fsp3) is 0.556. The van der Waals surface area contributed by atoms with Gasteiger partial charge in [0, 0.05) is 24.3 Å². The smallest absolute Gasteiger partial charge is 0.321 e. The molecule has 0 atom stereocenters. The number of carboxylic acid groups (broad SMARTS) is 1. The number of urea groups is 1. The molecular weight excluding hydrogens is 370 g/mol. The Morgan fingerprint density at radius 2 is 1.78 bits per heavy atom. The summed E-state index contributed by atoms with van der Waals surface area (Å²) in [5, 5.41) is 11.7. The fourth-order valence-electron chi connectivity index (χ4n) is 2.96. The highest BCUT2D eigenvalue weighted by molar-refractivity contribution is 7.89. The molecule has 3 N–H and O–H groups in total. The maximum atomic E-state index is 12.6. The van der Waals surface area contributed by atoms with Gasteiger partial charge in [-0.2, -0.15) is 0 Å². The number of carbonyl (C=O) groups is 2. The molecule has 9 heteroatoms. The molecule has 0 unspecified atom stereocenters. The Morgan fingerprint density at radius 1 is 1.19 bits per heavy atom. The molecule has 2 rings (SSSR count). The highest BCUT2D eigenvalue weighted by Gasteiger charge is 2.28. The number of aliphatic carboxylic acids is 1. The first-order valence-electron chi connectivity index (χ1n) is 8.82. The number of nitrogens with zero attached hydrogens (tertiary/aromatic N) is 1. The van der Waals surface area contributed by atoms with Gasteiger partial charge in [0.2, 0.25) is 10.0 Å². The largest absolute Gasteiger partial charge is 0.481 e. The van der Waals surface area contributed by atoms with Crippen LogP contribution < -0.4 is 10.0 Å². The van der Waals surface area contributed by atoms with Gasteiger partial charge in [-0.25, -0.2) is 17.9 Å². The van der Waals surface area contributed by atoms with Crippen LogP contribution in [0.2, 0.25) is 0 Å². The van der Waals surface area contributed by atoms with Gasteiger partial charge in [0.15, 0.2) is 0 Å². The van der Waals surface area contributed by atoms with Crippen LogP contribution in [0.1, 0.15) is 39.2 Å². The molecule has 1 heterocycles. The number of sulfonamides is 1. The van der Waals surface area contributed by atoms with Gasteiger partial charge in [-0.15, -0.1) is 0 Å². The molecule has 0 aliphatic carbocycles. The summed E-state index contributed by atoms with van der Waals surface area (Å²) in [6.45, 7) is 7.67. The second-order valence-electron chi connectivity index (χ2n) is 7.87. The second-order valence-corrected chi connectivity index (χ2v) is 9.52. The molecule has 1 aliphatic heterocycles. The molecule has 0 bridgehead atoms. The van der Waals surface area contributed by atoms with Gasteiger partial charge >= 0.3 is 12.0 Å². The molecule has 0 aromatic heterocycles. The zero-order chi connectivity index (χ0) is 20.4. The summed E-state index contributed by atoms with van der Waals surface area (Å²) in [5.74, 6) is -1.26. The van der Waals surface area contributed by atoms with Crippen LogP contribution >= 0.6 is 0 Å². The third-order valence-corrected chi connectivity index (χ3v) is 6.20. The number of rotatable bonds is 4. The first-order chi connectivity index (χ1) is 12.4. The number of benzene rings is 1. The number of amides is 2. The van der Waals surface area contributed by atoms with Crippen LogP contribution in [0.25, 0.3) is 0 Å². The van der Waals surface area contributed by atoms with Crippen molar-refractivity contribution in [3.8, 4) is 0 Å². The van der Waals surface area contributed by atoms with Crippen LogP contribution in [0, 0.1) is 12.8 Å². The standard InChI is InChI=1S/C18H27N3O5S/c1-12-5-6-14(11-15(12)27(25,26)20-18(2,3)4)19-17(24)21-9-7-13(8-10-21)16(22)23/h5-6,11,13,20H,7-10H2,1-4H3,(H,19,24)(H,22,23). The molecule has 0 spiro atoms. The summed E-state index contributed by atoms with van der Waals surface area (Å²) in [5.41, 5.74) is 0.325. The number of piperidine rings is 1. The van der Waals surface area contributed by atoms with Gasteiger partial charge in [-0.1, -0.05) is 6.07 Å². The van der Waals surface area contributed by atoms with E-state index >= 15 is 0 Å². The van der Waals surface area contributed by atoms with E-state index in [0.717, 1.165) is 0 Å². The number of anilines is 1. The first kappa shape index (κ1) is 21.2. The predicted molar refractivity (Wildman–Crippen MR) is 102 cm³/mol. The monoisotopic (exact) mass is 397 g/mol.